The Morgan fingerprint density at radius 3 is 2.54 bits per heavy atom. The van der Waals surface area contributed by atoms with Crippen molar-refractivity contribution < 1.29 is 4.79 Å². The first kappa shape index (κ1) is 22.0. The molecule has 1 fully saturated rings. The molecule has 0 atom stereocenters. The average Bonchev–Trinajstić information content (AvgIpc) is 3.49. The van der Waals surface area contributed by atoms with Crippen LogP contribution in [0.5, 0.6) is 0 Å². The molecule has 35 heavy (non-hydrogen) atoms. The molecule has 0 saturated carbocycles. The van der Waals surface area contributed by atoms with E-state index < -0.39 is 0 Å². The smallest absolute Gasteiger partial charge is 0.272 e. The van der Waals surface area contributed by atoms with Crippen LogP contribution >= 0.6 is 23.1 Å². The second-order valence-corrected chi connectivity index (χ2v) is 10.5. The second kappa shape index (κ2) is 9.28. The summed E-state index contributed by atoms with van der Waals surface area (Å²) in [4.78, 5) is 37.7. The van der Waals surface area contributed by atoms with Gasteiger partial charge in [0.1, 0.15) is 9.53 Å². The van der Waals surface area contributed by atoms with Gasteiger partial charge in [0.05, 0.1) is 12.1 Å². The van der Waals surface area contributed by atoms with Gasteiger partial charge in [-0.05, 0) is 41.8 Å². The van der Waals surface area contributed by atoms with Crippen molar-refractivity contribution in [2.45, 2.75) is 30.3 Å². The van der Waals surface area contributed by atoms with Gasteiger partial charge in [-0.2, -0.15) is 0 Å². The number of amides is 1. The van der Waals surface area contributed by atoms with E-state index in [0.717, 1.165) is 45.5 Å². The van der Waals surface area contributed by atoms with Crippen molar-refractivity contribution in [2.75, 3.05) is 11.4 Å². The third kappa shape index (κ3) is 4.24. The van der Waals surface area contributed by atoms with Crippen LogP contribution in [0.3, 0.4) is 0 Å². The van der Waals surface area contributed by atoms with Gasteiger partial charge in [-0.25, -0.2) is 9.97 Å². The first-order valence-corrected chi connectivity index (χ1v) is 13.3. The summed E-state index contributed by atoms with van der Waals surface area (Å²) in [6, 6.07) is 21.9. The fourth-order valence-corrected chi connectivity index (χ4v) is 6.38. The van der Waals surface area contributed by atoms with Crippen LogP contribution in [0.1, 0.15) is 24.0 Å². The van der Waals surface area contributed by atoms with Crippen molar-refractivity contribution in [1.82, 2.24) is 14.5 Å². The number of hydrogen-bond acceptors (Lipinski definition) is 6. The lowest BCUT2D eigenvalue weighted by molar-refractivity contribution is -0.117. The summed E-state index contributed by atoms with van der Waals surface area (Å²) in [5.41, 5.74) is 3.79. The maximum absolute atomic E-state index is 13.6. The van der Waals surface area contributed by atoms with Crippen LogP contribution in [0.2, 0.25) is 0 Å². The van der Waals surface area contributed by atoms with Crippen LogP contribution in [0.4, 0.5) is 5.69 Å². The molecule has 1 saturated heterocycles. The number of anilines is 1. The molecule has 3 aromatic heterocycles. The summed E-state index contributed by atoms with van der Waals surface area (Å²) in [6.07, 6.45) is 3.28. The quantitative estimate of drug-likeness (QED) is 0.229. The molecular weight excluding hydrogens is 476 g/mol. The molecule has 0 bridgehead atoms. The predicted molar refractivity (Wildman–Crippen MR) is 142 cm³/mol. The molecule has 1 aliphatic heterocycles. The highest BCUT2D eigenvalue weighted by Crippen LogP contribution is 2.32. The van der Waals surface area contributed by atoms with E-state index in [-0.39, 0.29) is 11.5 Å². The highest BCUT2D eigenvalue weighted by atomic mass is 32.2. The van der Waals surface area contributed by atoms with Crippen LogP contribution < -0.4 is 10.5 Å². The Morgan fingerprint density at radius 1 is 0.943 bits per heavy atom. The van der Waals surface area contributed by atoms with Crippen LogP contribution in [0, 0.1) is 0 Å². The van der Waals surface area contributed by atoms with E-state index in [9.17, 15) is 9.59 Å². The zero-order valence-corrected chi connectivity index (χ0v) is 20.5. The van der Waals surface area contributed by atoms with Crippen molar-refractivity contribution in [1.29, 1.82) is 0 Å². The van der Waals surface area contributed by atoms with Crippen LogP contribution in [0.15, 0.2) is 82.9 Å². The first-order valence-electron chi connectivity index (χ1n) is 11.5. The lowest BCUT2D eigenvalue weighted by atomic mass is 10.2. The topological polar surface area (TPSA) is 68.1 Å². The van der Waals surface area contributed by atoms with Gasteiger partial charge in [-0.15, -0.1) is 11.3 Å². The monoisotopic (exact) mass is 498 g/mol. The Bertz CT molecular complexity index is 1590. The standard InChI is InChI=1S/C27H22N4O2S2/c32-22-9-5-15-30(22)20-12-10-19(11-13-20)17-34-27-29-23-21-8-4-14-28-25(21)35-24(23)26(33)31(27)16-18-6-2-1-3-7-18/h1-4,6-8,10-14H,5,9,15-17H2. The van der Waals surface area contributed by atoms with Gasteiger partial charge in [-0.3, -0.25) is 14.2 Å². The molecule has 4 heterocycles. The minimum atomic E-state index is -0.0350. The predicted octanol–water partition coefficient (Wildman–Crippen LogP) is 5.47. The first-order chi connectivity index (χ1) is 17.2. The molecule has 0 aliphatic carbocycles. The zero-order chi connectivity index (χ0) is 23.8. The number of rotatable bonds is 6. The minimum Gasteiger partial charge on any atom is -0.312 e. The summed E-state index contributed by atoms with van der Waals surface area (Å²) >= 11 is 2.96. The second-order valence-electron chi connectivity index (χ2n) is 8.51. The van der Waals surface area contributed by atoms with Gasteiger partial charge < -0.3 is 4.90 Å². The molecule has 6 rings (SSSR count). The Balaban J connectivity index is 1.35. The number of thiophene rings is 1. The van der Waals surface area contributed by atoms with Crippen molar-refractivity contribution in [3.05, 3.63) is 94.4 Å². The highest BCUT2D eigenvalue weighted by molar-refractivity contribution is 7.98. The van der Waals surface area contributed by atoms with E-state index in [1.54, 1.807) is 22.5 Å². The number of carbonyl (C=O) groups is 1. The number of thioether (sulfide) groups is 1. The Kier molecular flexibility index (Phi) is 5.83. The number of fused-ring (bicyclic) bond motifs is 3. The molecule has 0 spiro atoms. The Morgan fingerprint density at radius 2 is 1.77 bits per heavy atom. The number of pyridine rings is 1. The number of carbonyl (C=O) groups excluding carboxylic acids is 1. The van der Waals surface area contributed by atoms with Crippen LogP contribution in [0.25, 0.3) is 20.4 Å². The number of aromatic nitrogens is 3. The summed E-state index contributed by atoms with van der Waals surface area (Å²) in [5, 5.41) is 1.60. The van der Waals surface area contributed by atoms with Crippen molar-refractivity contribution >= 4 is 55.1 Å². The Hall–Kier alpha value is -3.49. The largest absolute Gasteiger partial charge is 0.312 e. The van der Waals surface area contributed by atoms with Crippen molar-refractivity contribution in [3.63, 3.8) is 0 Å². The molecule has 2 aromatic carbocycles. The molecule has 0 radical (unpaired) electrons. The van der Waals surface area contributed by atoms with E-state index in [1.165, 1.54) is 11.3 Å². The molecule has 0 N–H and O–H groups in total. The van der Waals surface area contributed by atoms with E-state index in [1.807, 2.05) is 59.5 Å². The van der Waals surface area contributed by atoms with Gasteiger partial charge in [0, 0.05) is 36.0 Å². The third-order valence-electron chi connectivity index (χ3n) is 6.19. The number of nitrogens with zero attached hydrogens (tertiary/aromatic N) is 4. The molecule has 174 valence electrons. The van der Waals surface area contributed by atoms with Gasteiger partial charge in [-0.1, -0.05) is 54.2 Å². The van der Waals surface area contributed by atoms with E-state index in [0.29, 0.717) is 28.6 Å². The van der Waals surface area contributed by atoms with Crippen LogP contribution in [-0.2, 0) is 17.1 Å². The molecule has 6 nitrogen and oxygen atoms in total. The fourth-order valence-electron chi connectivity index (χ4n) is 4.40. The minimum absolute atomic E-state index is 0.0350. The third-order valence-corrected chi connectivity index (χ3v) is 8.33. The normalized spacial score (nSPS) is 13.8. The molecule has 5 aromatic rings. The summed E-state index contributed by atoms with van der Waals surface area (Å²) in [7, 11) is 0. The molecule has 0 unspecified atom stereocenters. The lowest BCUT2D eigenvalue weighted by Gasteiger charge is -2.16. The molecule has 8 heteroatoms. The average molecular weight is 499 g/mol. The molecule has 1 aliphatic rings. The molecular formula is C27H22N4O2S2. The number of hydrogen-bond donors (Lipinski definition) is 0. The van der Waals surface area contributed by atoms with Gasteiger partial charge >= 0.3 is 0 Å². The molecule has 1 amide bonds. The van der Waals surface area contributed by atoms with Crippen molar-refractivity contribution in [2.24, 2.45) is 0 Å². The van der Waals surface area contributed by atoms with Crippen LogP contribution in [-0.4, -0.2) is 27.0 Å². The van der Waals surface area contributed by atoms with Gasteiger partial charge in [0.15, 0.2) is 5.16 Å². The fraction of sp³-hybridized carbons (Fsp3) is 0.185. The SMILES string of the molecule is O=C1CCCN1c1ccc(CSc2nc3c(sc4ncccc43)c(=O)n2Cc2ccccc2)cc1. The summed E-state index contributed by atoms with van der Waals surface area (Å²) in [5.74, 6) is 0.855. The van der Waals surface area contributed by atoms with E-state index >= 15 is 0 Å². The maximum atomic E-state index is 13.6. The van der Waals surface area contributed by atoms with Gasteiger partial charge in [0.2, 0.25) is 5.91 Å². The maximum Gasteiger partial charge on any atom is 0.272 e. The summed E-state index contributed by atoms with van der Waals surface area (Å²) in [6.45, 7) is 1.24. The van der Waals surface area contributed by atoms with E-state index in [4.69, 9.17) is 4.98 Å². The number of benzene rings is 2. The zero-order valence-electron chi connectivity index (χ0n) is 18.9. The highest BCUT2D eigenvalue weighted by Gasteiger charge is 2.21. The van der Waals surface area contributed by atoms with Gasteiger partial charge in [0.25, 0.3) is 5.56 Å². The lowest BCUT2D eigenvalue weighted by Crippen LogP contribution is -2.23. The van der Waals surface area contributed by atoms with E-state index in [2.05, 4.69) is 17.1 Å². The summed E-state index contributed by atoms with van der Waals surface area (Å²) < 4.78 is 2.41. The Labute approximate surface area is 210 Å². The van der Waals surface area contributed by atoms with Crippen molar-refractivity contribution in [3.8, 4) is 0 Å².